The van der Waals surface area contributed by atoms with Gasteiger partial charge in [0.05, 0.1) is 6.61 Å². The van der Waals surface area contributed by atoms with Crippen LogP contribution in [0.4, 0.5) is 0 Å². The van der Waals surface area contributed by atoms with Crippen molar-refractivity contribution in [3.63, 3.8) is 0 Å². The normalized spacial score (nSPS) is 16.4. The van der Waals surface area contributed by atoms with E-state index >= 15 is 0 Å². The number of aliphatic carboxylic acids is 1. The highest BCUT2D eigenvalue weighted by Gasteiger charge is 2.32. The van der Waals surface area contributed by atoms with Crippen LogP contribution in [-0.2, 0) is 76.7 Å². The van der Waals surface area contributed by atoms with Gasteiger partial charge in [-0.05, 0) is 96.9 Å². The molecule has 0 aliphatic heterocycles. The molecule has 0 aliphatic carbocycles. The molecule has 0 radical (unpaired) electrons. The summed E-state index contributed by atoms with van der Waals surface area (Å²) in [6.45, 7) is 18.2. The first-order valence-electron chi connectivity index (χ1n) is 25.2. The Labute approximate surface area is 461 Å². The van der Waals surface area contributed by atoms with Crippen LogP contribution in [0, 0.1) is 0 Å². The molecule has 0 aromatic heterocycles. The molecule has 0 heterocycles. The van der Waals surface area contributed by atoms with Crippen LogP contribution in [-0.4, -0.2) is 202 Å². The highest BCUT2D eigenvalue weighted by atomic mass is 16.4. The Kier molecular flexibility index (Phi) is 30.1. The van der Waals surface area contributed by atoms with Crippen LogP contribution in [0.1, 0.15) is 104 Å². The second kappa shape index (κ2) is 33.7. The third-order valence-electron chi connectivity index (χ3n) is 11.4. The summed E-state index contributed by atoms with van der Waals surface area (Å²) in [5.74, 6) is -13.6. The number of nitrogens with one attached hydrogen (secondary N) is 15. The van der Waals surface area contributed by atoms with E-state index in [0.29, 0.717) is 0 Å². The number of carbonyl (C=O) groups is 16. The number of amides is 15. The standard InChI is InChI=1S/C47H79N15O18/c1-17(48-31(15)64)33(65)49-18(2)34(66)50-19(3)35(67)51-20(4)36(68)52-21(5)37(69)53-22(6)38(70)54-23(7)39(71)55-24(8)40(72)56-25(9)41(73)57-26(10)42(74)59-29(13)45(77)62-32(16-63)46(78)60-28(12)43(75)58-27(11)44(76)61-30(14)47(79)80/h17-30,32,63H,16H2,1-15H3,(H,48,64)(H,49,65)(H,50,66)(H,51,67)(H,52,68)(H,53,69)(H,54,70)(H,55,71)(H,56,72)(H,57,73)(H,58,75)(H,59,74)(H,60,78)(H,61,76)(H,62,77)(H,79,80)/t17-,18-,19-,20-,21-,22-,23-,24-,25-,26-,27-,28-,29-,30-,32-/m0/s1. The fourth-order valence-corrected chi connectivity index (χ4v) is 6.08. The number of carbonyl (C=O) groups excluding carboxylic acids is 15. The molecule has 0 rings (SSSR count). The van der Waals surface area contributed by atoms with Crippen molar-refractivity contribution in [2.75, 3.05) is 6.61 Å². The van der Waals surface area contributed by atoms with Gasteiger partial charge in [-0.2, -0.15) is 0 Å². The summed E-state index contributed by atoms with van der Waals surface area (Å²) in [5, 5.41) is 53.6. The summed E-state index contributed by atoms with van der Waals surface area (Å²) in [4.78, 5) is 200. The molecule has 15 atom stereocenters. The van der Waals surface area contributed by atoms with Crippen LogP contribution in [0.25, 0.3) is 0 Å². The number of rotatable bonds is 31. The zero-order valence-corrected chi connectivity index (χ0v) is 47.3. The van der Waals surface area contributed by atoms with Crippen molar-refractivity contribution >= 4 is 94.6 Å². The lowest BCUT2D eigenvalue weighted by atomic mass is 10.2. The maximum absolute atomic E-state index is 12.9. The molecule has 0 aromatic rings. The Balaban J connectivity index is 5.04. The van der Waals surface area contributed by atoms with Gasteiger partial charge in [-0.1, -0.05) is 0 Å². The average molecular weight is 1140 g/mol. The van der Waals surface area contributed by atoms with Crippen molar-refractivity contribution in [1.29, 1.82) is 0 Å². The number of aliphatic hydroxyl groups is 1. The Morgan fingerprint density at radius 3 is 0.525 bits per heavy atom. The fourth-order valence-electron chi connectivity index (χ4n) is 6.08. The van der Waals surface area contributed by atoms with E-state index in [-0.39, 0.29) is 0 Å². The van der Waals surface area contributed by atoms with Gasteiger partial charge in [-0.25, -0.2) is 0 Å². The number of hydrogen-bond acceptors (Lipinski definition) is 17. The first-order chi connectivity index (χ1) is 36.8. The Morgan fingerprint density at radius 1 is 0.237 bits per heavy atom. The lowest BCUT2D eigenvalue weighted by Gasteiger charge is -2.24. The molecule has 17 N–H and O–H groups in total. The molecule has 0 spiro atoms. The number of hydrogen-bond donors (Lipinski definition) is 17. The Hall–Kier alpha value is -8.52. The molecule has 80 heavy (non-hydrogen) atoms. The average Bonchev–Trinajstić information content (AvgIpc) is 3.36. The van der Waals surface area contributed by atoms with Gasteiger partial charge in [0.15, 0.2) is 0 Å². The molecule has 0 aliphatic rings. The lowest BCUT2D eigenvalue weighted by Crippen LogP contribution is -2.59. The zero-order chi connectivity index (χ0) is 62.2. The maximum Gasteiger partial charge on any atom is 0.325 e. The van der Waals surface area contributed by atoms with Crippen LogP contribution in [0.5, 0.6) is 0 Å². The van der Waals surface area contributed by atoms with E-state index in [1.54, 1.807) is 0 Å². The molecule has 0 saturated heterocycles. The minimum Gasteiger partial charge on any atom is -0.480 e. The zero-order valence-electron chi connectivity index (χ0n) is 47.3. The fraction of sp³-hybridized carbons (Fsp3) is 0.660. The van der Waals surface area contributed by atoms with Crippen molar-refractivity contribution in [3.05, 3.63) is 0 Å². The first kappa shape index (κ1) is 71.5. The molecule has 0 bridgehead atoms. The van der Waals surface area contributed by atoms with Crippen LogP contribution in [0.15, 0.2) is 0 Å². The van der Waals surface area contributed by atoms with Gasteiger partial charge in [0, 0.05) is 6.92 Å². The molecule has 450 valence electrons. The van der Waals surface area contributed by atoms with Gasteiger partial charge in [0.1, 0.15) is 90.6 Å². The topological polar surface area (TPSA) is 494 Å². The quantitative estimate of drug-likeness (QED) is 0.0307. The molecule has 0 fully saturated rings. The number of carboxylic acids is 1. The Morgan fingerprint density at radius 2 is 0.375 bits per heavy atom. The van der Waals surface area contributed by atoms with Gasteiger partial charge < -0.3 is 90.0 Å². The van der Waals surface area contributed by atoms with Crippen molar-refractivity contribution in [2.45, 2.75) is 194 Å². The van der Waals surface area contributed by atoms with E-state index in [0.717, 1.165) is 0 Å². The van der Waals surface area contributed by atoms with E-state index in [1.165, 1.54) is 104 Å². The molecule has 15 amide bonds. The largest absolute Gasteiger partial charge is 0.480 e. The van der Waals surface area contributed by atoms with E-state index in [4.69, 9.17) is 5.11 Å². The lowest BCUT2D eigenvalue weighted by molar-refractivity contribution is -0.141. The second-order valence-corrected chi connectivity index (χ2v) is 19.0. The highest BCUT2D eigenvalue weighted by Crippen LogP contribution is 1.99. The van der Waals surface area contributed by atoms with Crippen molar-refractivity contribution in [2.24, 2.45) is 0 Å². The minimum absolute atomic E-state index is 0.458. The van der Waals surface area contributed by atoms with Gasteiger partial charge in [0.2, 0.25) is 88.6 Å². The molecule has 0 aromatic carbocycles. The molecule has 33 heteroatoms. The van der Waals surface area contributed by atoms with E-state index in [9.17, 15) is 81.8 Å². The third-order valence-corrected chi connectivity index (χ3v) is 11.4. The summed E-state index contributed by atoms with van der Waals surface area (Å²) in [6, 6.07) is -18.8. The minimum atomic E-state index is -1.62. The molecule has 0 unspecified atom stereocenters. The van der Waals surface area contributed by atoms with Crippen LogP contribution in [0.3, 0.4) is 0 Å². The third kappa shape index (κ3) is 25.3. The SMILES string of the molecule is CC(=O)N[C@@H](C)C(=O)N[C@@H](C)C(=O)N[C@@H](C)C(=O)N[C@@H](C)C(=O)N[C@@H](C)C(=O)N[C@@H](C)C(=O)N[C@@H](C)C(=O)N[C@@H](C)C(=O)N[C@@H](C)C(=O)N[C@@H](C)C(=O)N[C@@H](C)C(=O)N[C@@H](CO)C(=O)N[C@@H](C)C(=O)N[C@@H](C)C(=O)N[C@@H](C)C(=O)O. The van der Waals surface area contributed by atoms with Crippen LogP contribution < -0.4 is 79.8 Å². The molecule has 0 saturated carbocycles. The van der Waals surface area contributed by atoms with Crippen molar-refractivity contribution in [1.82, 2.24) is 79.8 Å². The number of carboxylic acid groups (broad SMARTS) is 1. The second-order valence-electron chi connectivity index (χ2n) is 19.0. The summed E-state index contributed by atoms with van der Waals surface area (Å²) in [7, 11) is 0. The predicted octanol–water partition coefficient (Wildman–Crippen LogP) is -8.37. The maximum atomic E-state index is 12.9. The monoisotopic (exact) mass is 1140 g/mol. The van der Waals surface area contributed by atoms with E-state index in [2.05, 4.69) is 79.8 Å². The first-order valence-corrected chi connectivity index (χ1v) is 25.2. The summed E-state index contributed by atoms with van der Waals surface area (Å²) in [5.41, 5.74) is 0. The van der Waals surface area contributed by atoms with Crippen molar-refractivity contribution in [3.8, 4) is 0 Å². The van der Waals surface area contributed by atoms with E-state index < -0.39 is 192 Å². The predicted molar refractivity (Wildman–Crippen MR) is 279 cm³/mol. The molecular formula is C47H79N15O18. The Bertz CT molecular complexity index is 2340. The summed E-state index contributed by atoms with van der Waals surface area (Å²) >= 11 is 0. The van der Waals surface area contributed by atoms with E-state index in [1.807, 2.05) is 0 Å². The molecule has 33 nitrogen and oxygen atoms in total. The van der Waals surface area contributed by atoms with Crippen LogP contribution in [0.2, 0.25) is 0 Å². The summed E-state index contributed by atoms with van der Waals surface area (Å²) < 4.78 is 0. The van der Waals surface area contributed by atoms with Gasteiger partial charge in [-0.3, -0.25) is 76.7 Å². The van der Waals surface area contributed by atoms with Gasteiger partial charge >= 0.3 is 5.97 Å². The van der Waals surface area contributed by atoms with Gasteiger partial charge in [-0.15, -0.1) is 0 Å². The molecular weight excluding hydrogens is 1060 g/mol. The summed E-state index contributed by atoms with van der Waals surface area (Å²) in [6.07, 6.45) is 0. The number of aliphatic hydroxyl groups excluding tert-OH is 1. The van der Waals surface area contributed by atoms with Gasteiger partial charge in [0.25, 0.3) is 0 Å². The van der Waals surface area contributed by atoms with Crippen LogP contribution >= 0.6 is 0 Å². The highest BCUT2D eigenvalue weighted by molar-refractivity contribution is 6.00. The smallest absolute Gasteiger partial charge is 0.325 e. The van der Waals surface area contributed by atoms with Crippen molar-refractivity contribution < 1.29 is 86.9 Å².